The highest BCUT2D eigenvalue weighted by atomic mass is 16.6. The first-order valence-electron chi connectivity index (χ1n) is 7.37. The Hall–Kier alpha value is -2.31. The van der Waals surface area contributed by atoms with Crippen molar-refractivity contribution < 1.29 is 4.92 Å². The van der Waals surface area contributed by atoms with Crippen molar-refractivity contribution in [2.45, 2.75) is 33.2 Å². The molecule has 7 heteroatoms. The van der Waals surface area contributed by atoms with Crippen LogP contribution in [0.4, 0.5) is 11.4 Å². The molecule has 1 aromatic carbocycles. The molecule has 0 bridgehead atoms. The van der Waals surface area contributed by atoms with Crippen molar-refractivity contribution in [3.8, 4) is 0 Å². The van der Waals surface area contributed by atoms with Crippen LogP contribution in [0.25, 0.3) is 0 Å². The molecule has 1 aromatic rings. The van der Waals surface area contributed by atoms with Crippen LogP contribution in [0.1, 0.15) is 27.7 Å². The van der Waals surface area contributed by atoms with Crippen molar-refractivity contribution in [1.29, 1.82) is 0 Å². The summed E-state index contributed by atoms with van der Waals surface area (Å²) in [6.07, 6.45) is 0. The number of hydrogen-bond acceptors (Lipinski definition) is 4. The lowest BCUT2D eigenvalue weighted by Gasteiger charge is -2.23. The quantitative estimate of drug-likeness (QED) is 0.247. The van der Waals surface area contributed by atoms with Crippen molar-refractivity contribution in [3.05, 3.63) is 34.4 Å². The van der Waals surface area contributed by atoms with E-state index in [9.17, 15) is 10.1 Å². The monoisotopic (exact) mass is 307 g/mol. The van der Waals surface area contributed by atoms with Crippen molar-refractivity contribution >= 4 is 17.3 Å². The van der Waals surface area contributed by atoms with Gasteiger partial charge in [-0.3, -0.25) is 15.1 Å². The minimum atomic E-state index is -0.392. The number of aliphatic imine (C=N–C) groups is 1. The van der Waals surface area contributed by atoms with E-state index in [1.807, 2.05) is 6.92 Å². The van der Waals surface area contributed by atoms with Crippen molar-refractivity contribution in [3.63, 3.8) is 0 Å². The van der Waals surface area contributed by atoms with E-state index >= 15 is 0 Å². The molecule has 0 saturated carbocycles. The largest absolute Gasteiger partial charge is 0.378 e. The van der Waals surface area contributed by atoms with Crippen LogP contribution in [0.2, 0.25) is 0 Å². The molecule has 22 heavy (non-hydrogen) atoms. The van der Waals surface area contributed by atoms with Gasteiger partial charge in [-0.2, -0.15) is 0 Å². The molecular formula is C15H25N5O2. The first kappa shape index (κ1) is 17.7. The molecular weight excluding hydrogens is 282 g/mol. The van der Waals surface area contributed by atoms with Gasteiger partial charge in [0.1, 0.15) is 5.69 Å². The summed E-state index contributed by atoms with van der Waals surface area (Å²) in [6.45, 7) is 10.00. The van der Waals surface area contributed by atoms with Gasteiger partial charge in [-0.05, 0) is 33.8 Å². The summed E-state index contributed by atoms with van der Waals surface area (Å²) in [5.41, 5.74) is 0.509. The third-order valence-electron chi connectivity index (χ3n) is 2.64. The molecule has 122 valence electrons. The summed E-state index contributed by atoms with van der Waals surface area (Å²) >= 11 is 0. The second kappa shape index (κ2) is 8.21. The van der Waals surface area contributed by atoms with E-state index in [1.165, 1.54) is 6.07 Å². The molecule has 0 unspecified atom stereocenters. The zero-order valence-electron chi connectivity index (χ0n) is 13.6. The van der Waals surface area contributed by atoms with Gasteiger partial charge in [0.15, 0.2) is 5.96 Å². The summed E-state index contributed by atoms with van der Waals surface area (Å²) < 4.78 is 0. The number of benzene rings is 1. The molecule has 1 rings (SSSR count). The van der Waals surface area contributed by atoms with Crippen LogP contribution >= 0.6 is 0 Å². The van der Waals surface area contributed by atoms with Crippen LogP contribution in [-0.4, -0.2) is 36.1 Å². The number of hydrogen-bond donors (Lipinski definition) is 3. The van der Waals surface area contributed by atoms with Crippen LogP contribution in [0, 0.1) is 10.1 Å². The molecule has 3 N–H and O–H groups in total. The van der Waals surface area contributed by atoms with Gasteiger partial charge in [-0.15, -0.1) is 0 Å². The lowest BCUT2D eigenvalue weighted by atomic mass is 10.1. The van der Waals surface area contributed by atoms with Crippen LogP contribution in [0.5, 0.6) is 0 Å². The van der Waals surface area contributed by atoms with Crippen LogP contribution in [0.3, 0.4) is 0 Å². The van der Waals surface area contributed by atoms with Crippen molar-refractivity contribution in [2.75, 3.05) is 25.0 Å². The highest BCUT2D eigenvalue weighted by Gasteiger charge is 2.12. The lowest BCUT2D eigenvalue weighted by Crippen LogP contribution is -2.47. The van der Waals surface area contributed by atoms with Gasteiger partial charge in [0, 0.05) is 24.7 Å². The maximum absolute atomic E-state index is 10.9. The van der Waals surface area contributed by atoms with Gasteiger partial charge in [0.25, 0.3) is 5.69 Å². The van der Waals surface area contributed by atoms with Crippen LogP contribution in [-0.2, 0) is 0 Å². The number of rotatable bonds is 6. The minimum Gasteiger partial charge on any atom is -0.378 e. The van der Waals surface area contributed by atoms with E-state index in [0.717, 1.165) is 12.5 Å². The van der Waals surface area contributed by atoms with Crippen LogP contribution in [0.15, 0.2) is 29.3 Å². The lowest BCUT2D eigenvalue weighted by molar-refractivity contribution is -0.384. The smallest absolute Gasteiger partial charge is 0.292 e. The van der Waals surface area contributed by atoms with Gasteiger partial charge in [0.05, 0.1) is 11.5 Å². The number of anilines is 1. The second-order valence-electron chi connectivity index (χ2n) is 5.84. The highest BCUT2D eigenvalue weighted by molar-refractivity contribution is 5.80. The molecule has 0 aromatic heterocycles. The summed E-state index contributed by atoms with van der Waals surface area (Å²) in [4.78, 5) is 15.0. The van der Waals surface area contributed by atoms with Gasteiger partial charge >= 0.3 is 0 Å². The Morgan fingerprint density at radius 2 is 2.00 bits per heavy atom. The van der Waals surface area contributed by atoms with E-state index < -0.39 is 4.92 Å². The van der Waals surface area contributed by atoms with Crippen molar-refractivity contribution in [2.24, 2.45) is 4.99 Å². The molecule has 0 aliphatic rings. The number of nitrogens with one attached hydrogen (secondary N) is 3. The summed E-state index contributed by atoms with van der Waals surface area (Å²) in [7, 11) is 0. The molecule has 0 aliphatic heterocycles. The number of para-hydroxylation sites is 2. The zero-order valence-corrected chi connectivity index (χ0v) is 13.6. The first-order chi connectivity index (χ1) is 10.3. The third kappa shape index (κ3) is 6.43. The fraction of sp³-hybridized carbons (Fsp3) is 0.533. The molecule has 0 amide bonds. The summed E-state index contributed by atoms with van der Waals surface area (Å²) in [5.74, 6) is 0.736. The Balaban J connectivity index is 2.58. The van der Waals surface area contributed by atoms with Gasteiger partial charge < -0.3 is 16.0 Å². The number of nitro groups is 1. The SMILES string of the molecule is CCNC(=NCCNc1ccccc1[N+](=O)[O-])NC(C)(C)C. The average molecular weight is 307 g/mol. The maximum atomic E-state index is 10.9. The molecule has 0 fully saturated rings. The fourth-order valence-corrected chi connectivity index (χ4v) is 1.80. The van der Waals surface area contributed by atoms with E-state index in [-0.39, 0.29) is 11.2 Å². The molecule has 0 aliphatic carbocycles. The zero-order chi connectivity index (χ0) is 16.6. The van der Waals surface area contributed by atoms with Crippen LogP contribution < -0.4 is 16.0 Å². The third-order valence-corrected chi connectivity index (χ3v) is 2.64. The Morgan fingerprint density at radius 1 is 1.32 bits per heavy atom. The van der Waals surface area contributed by atoms with Crippen molar-refractivity contribution in [1.82, 2.24) is 10.6 Å². The Labute approximate surface area is 131 Å². The van der Waals surface area contributed by atoms with Gasteiger partial charge in [-0.1, -0.05) is 12.1 Å². The second-order valence-corrected chi connectivity index (χ2v) is 5.84. The fourth-order valence-electron chi connectivity index (χ4n) is 1.80. The highest BCUT2D eigenvalue weighted by Crippen LogP contribution is 2.22. The predicted octanol–water partition coefficient (Wildman–Crippen LogP) is 2.36. The molecule has 0 atom stereocenters. The standard InChI is InChI=1S/C15H25N5O2/c1-5-16-14(19-15(2,3)4)18-11-10-17-12-8-6-7-9-13(12)20(21)22/h6-9,17H,5,10-11H2,1-4H3,(H2,16,18,19). The summed E-state index contributed by atoms with van der Waals surface area (Å²) in [6, 6.07) is 6.60. The number of nitro benzene ring substituents is 1. The molecule has 0 saturated heterocycles. The van der Waals surface area contributed by atoms with E-state index in [2.05, 4.69) is 41.7 Å². The Bertz CT molecular complexity index is 523. The summed E-state index contributed by atoms with van der Waals surface area (Å²) in [5, 5.41) is 20.4. The molecule has 7 nitrogen and oxygen atoms in total. The number of nitrogens with zero attached hydrogens (tertiary/aromatic N) is 2. The predicted molar refractivity (Wildman–Crippen MR) is 90.5 cm³/mol. The van der Waals surface area contributed by atoms with E-state index in [4.69, 9.17) is 0 Å². The normalized spacial score (nSPS) is 11.9. The van der Waals surface area contributed by atoms with Gasteiger partial charge in [-0.25, -0.2) is 0 Å². The minimum absolute atomic E-state index is 0.0752. The molecule has 0 spiro atoms. The van der Waals surface area contributed by atoms with E-state index in [1.54, 1.807) is 18.2 Å². The molecule has 0 heterocycles. The Kier molecular flexibility index (Phi) is 6.62. The average Bonchev–Trinajstić information content (AvgIpc) is 2.42. The topological polar surface area (TPSA) is 91.6 Å². The van der Waals surface area contributed by atoms with E-state index in [0.29, 0.717) is 18.8 Å². The molecule has 0 radical (unpaired) electrons. The maximum Gasteiger partial charge on any atom is 0.292 e. The first-order valence-corrected chi connectivity index (χ1v) is 7.37. The Morgan fingerprint density at radius 3 is 2.59 bits per heavy atom. The van der Waals surface area contributed by atoms with Gasteiger partial charge in [0.2, 0.25) is 0 Å². The number of guanidine groups is 1.